The van der Waals surface area contributed by atoms with Crippen LogP contribution in [-0.4, -0.2) is 30.1 Å². The molecular formula is C11H19N3O3S. The molecule has 0 aromatic carbocycles. The molecule has 1 fully saturated rings. The molecule has 2 unspecified atom stereocenters. The van der Waals surface area contributed by atoms with Crippen molar-refractivity contribution in [2.24, 2.45) is 11.1 Å². The number of aromatic nitrogens is 2. The third-order valence-electron chi connectivity index (χ3n) is 3.25. The molecule has 1 aliphatic heterocycles. The molecule has 1 aliphatic rings. The van der Waals surface area contributed by atoms with Crippen LogP contribution in [0.2, 0.25) is 0 Å². The fourth-order valence-electron chi connectivity index (χ4n) is 1.92. The Morgan fingerprint density at radius 2 is 2.11 bits per heavy atom. The summed E-state index contributed by atoms with van der Waals surface area (Å²) in [5.74, 6) is 0.955. The molecule has 2 heterocycles. The minimum absolute atomic E-state index is 0.0966. The highest BCUT2D eigenvalue weighted by molar-refractivity contribution is 7.91. The van der Waals surface area contributed by atoms with Crippen LogP contribution in [0, 0.1) is 5.41 Å². The molecule has 0 saturated carbocycles. The zero-order valence-corrected chi connectivity index (χ0v) is 11.7. The van der Waals surface area contributed by atoms with Crippen LogP contribution < -0.4 is 5.73 Å². The molecular weight excluding hydrogens is 254 g/mol. The molecule has 2 rings (SSSR count). The lowest BCUT2D eigenvalue weighted by molar-refractivity contribution is 0.298. The van der Waals surface area contributed by atoms with Gasteiger partial charge in [-0.05, 0) is 11.8 Å². The van der Waals surface area contributed by atoms with E-state index in [0.717, 1.165) is 0 Å². The van der Waals surface area contributed by atoms with Crippen molar-refractivity contribution in [3.63, 3.8) is 0 Å². The Hall–Kier alpha value is -0.950. The molecule has 1 aromatic rings. The summed E-state index contributed by atoms with van der Waals surface area (Å²) in [6, 6.07) is -0.326. The van der Waals surface area contributed by atoms with Crippen molar-refractivity contribution in [1.29, 1.82) is 0 Å². The summed E-state index contributed by atoms with van der Waals surface area (Å²) in [6.45, 7) is 5.98. The van der Waals surface area contributed by atoms with E-state index in [9.17, 15) is 8.42 Å². The maximum atomic E-state index is 11.4. The number of sulfone groups is 1. The van der Waals surface area contributed by atoms with Gasteiger partial charge in [-0.2, -0.15) is 4.98 Å². The molecule has 2 atom stereocenters. The van der Waals surface area contributed by atoms with Crippen molar-refractivity contribution in [2.45, 2.75) is 39.2 Å². The summed E-state index contributed by atoms with van der Waals surface area (Å²) in [7, 11) is -2.94. The van der Waals surface area contributed by atoms with Crippen LogP contribution in [0.3, 0.4) is 0 Å². The highest BCUT2D eigenvalue weighted by atomic mass is 32.2. The van der Waals surface area contributed by atoms with Crippen molar-refractivity contribution >= 4 is 9.84 Å². The Labute approximate surface area is 107 Å². The Morgan fingerprint density at radius 1 is 1.44 bits per heavy atom. The molecule has 2 N–H and O–H groups in total. The van der Waals surface area contributed by atoms with E-state index in [-0.39, 0.29) is 28.9 Å². The summed E-state index contributed by atoms with van der Waals surface area (Å²) in [5, 5.41) is 3.87. The molecule has 7 heteroatoms. The van der Waals surface area contributed by atoms with Crippen LogP contribution in [0.25, 0.3) is 0 Å². The van der Waals surface area contributed by atoms with Gasteiger partial charge < -0.3 is 10.3 Å². The molecule has 0 amide bonds. The minimum atomic E-state index is -2.94. The van der Waals surface area contributed by atoms with Gasteiger partial charge >= 0.3 is 0 Å². The van der Waals surface area contributed by atoms with E-state index in [1.807, 2.05) is 20.8 Å². The zero-order valence-electron chi connectivity index (χ0n) is 10.9. The molecule has 1 aromatic heterocycles. The Morgan fingerprint density at radius 3 is 2.61 bits per heavy atom. The smallest absolute Gasteiger partial charge is 0.230 e. The van der Waals surface area contributed by atoms with E-state index >= 15 is 0 Å². The van der Waals surface area contributed by atoms with E-state index in [1.165, 1.54) is 0 Å². The Bertz CT molecular complexity index is 530. The third kappa shape index (κ3) is 2.72. The fourth-order valence-corrected chi connectivity index (χ4v) is 3.65. The molecule has 1 saturated heterocycles. The number of rotatable bonds is 2. The minimum Gasteiger partial charge on any atom is -0.339 e. The predicted molar refractivity (Wildman–Crippen MR) is 66.7 cm³/mol. The first-order valence-corrected chi connectivity index (χ1v) is 7.81. The van der Waals surface area contributed by atoms with Crippen LogP contribution >= 0.6 is 0 Å². The van der Waals surface area contributed by atoms with E-state index in [4.69, 9.17) is 10.3 Å². The molecule has 6 nitrogen and oxygen atoms in total. The lowest BCUT2D eigenvalue weighted by Crippen LogP contribution is -2.27. The highest BCUT2D eigenvalue weighted by Crippen LogP contribution is 2.31. The second kappa shape index (κ2) is 4.31. The van der Waals surface area contributed by atoms with E-state index in [1.54, 1.807) is 0 Å². The summed E-state index contributed by atoms with van der Waals surface area (Å²) in [4.78, 5) is 4.26. The quantitative estimate of drug-likeness (QED) is 0.863. The first kappa shape index (κ1) is 13.5. The average molecular weight is 273 g/mol. The van der Waals surface area contributed by atoms with E-state index in [0.29, 0.717) is 18.1 Å². The van der Waals surface area contributed by atoms with Crippen molar-refractivity contribution < 1.29 is 12.9 Å². The normalized spacial score (nSPS) is 25.2. The van der Waals surface area contributed by atoms with Gasteiger partial charge in [0.05, 0.1) is 23.5 Å². The van der Waals surface area contributed by atoms with Gasteiger partial charge in [0.25, 0.3) is 0 Å². The molecule has 0 bridgehead atoms. The number of hydrogen-bond donors (Lipinski definition) is 1. The number of nitrogens with zero attached hydrogens (tertiary/aromatic N) is 2. The van der Waals surface area contributed by atoms with Crippen molar-refractivity contribution in [3.05, 3.63) is 11.7 Å². The first-order chi connectivity index (χ1) is 8.19. The van der Waals surface area contributed by atoms with Crippen LogP contribution in [0.4, 0.5) is 0 Å². The second-order valence-corrected chi connectivity index (χ2v) is 8.16. The van der Waals surface area contributed by atoms with Gasteiger partial charge in [0.2, 0.25) is 5.89 Å². The van der Waals surface area contributed by atoms with Crippen LogP contribution in [0.15, 0.2) is 4.52 Å². The lowest BCUT2D eigenvalue weighted by atomic mass is 9.87. The number of hydrogen-bond acceptors (Lipinski definition) is 6. The standard InChI is InChI=1S/C11H19N3O3S/c1-11(2,3)8(12)9-13-10(17-14-9)7-4-5-18(15,16)6-7/h7-8H,4-6,12H2,1-3H3. The predicted octanol–water partition coefficient (Wildman–Crippen LogP) is 1.02. The molecule has 102 valence electrons. The Balaban J connectivity index is 2.17. The summed E-state index contributed by atoms with van der Waals surface area (Å²) in [6.07, 6.45) is 0.550. The monoisotopic (exact) mass is 273 g/mol. The largest absolute Gasteiger partial charge is 0.339 e. The van der Waals surface area contributed by atoms with Crippen LogP contribution in [0.5, 0.6) is 0 Å². The summed E-state index contributed by atoms with van der Waals surface area (Å²) < 4.78 is 28.0. The van der Waals surface area contributed by atoms with Gasteiger partial charge in [-0.3, -0.25) is 0 Å². The van der Waals surface area contributed by atoms with Crippen molar-refractivity contribution in [2.75, 3.05) is 11.5 Å². The second-order valence-electron chi connectivity index (χ2n) is 5.93. The molecule has 0 radical (unpaired) electrons. The maximum Gasteiger partial charge on any atom is 0.230 e. The lowest BCUT2D eigenvalue weighted by Gasteiger charge is -2.23. The van der Waals surface area contributed by atoms with Gasteiger partial charge in [-0.1, -0.05) is 25.9 Å². The van der Waals surface area contributed by atoms with E-state index < -0.39 is 9.84 Å². The van der Waals surface area contributed by atoms with Gasteiger partial charge in [-0.25, -0.2) is 8.42 Å². The summed E-state index contributed by atoms with van der Waals surface area (Å²) in [5.41, 5.74) is 5.87. The average Bonchev–Trinajstić information content (AvgIpc) is 2.81. The van der Waals surface area contributed by atoms with Gasteiger partial charge in [-0.15, -0.1) is 0 Å². The van der Waals surface area contributed by atoms with Gasteiger partial charge in [0.1, 0.15) is 0 Å². The van der Waals surface area contributed by atoms with Crippen LogP contribution in [-0.2, 0) is 9.84 Å². The number of nitrogens with two attached hydrogens (primary N) is 1. The summed E-state index contributed by atoms with van der Waals surface area (Å²) >= 11 is 0. The van der Waals surface area contributed by atoms with Gasteiger partial charge in [0, 0.05) is 0 Å². The molecule has 18 heavy (non-hydrogen) atoms. The molecule has 0 aliphatic carbocycles. The van der Waals surface area contributed by atoms with E-state index in [2.05, 4.69) is 10.1 Å². The highest BCUT2D eigenvalue weighted by Gasteiger charge is 2.34. The SMILES string of the molecule is CC(C)(C)C(N)c1noc(C2CCS(=O)(=O)C2)n1. The Kier molecular flexibility index (Phi) is 3.23. The maximum absolute atomic E-state index is 11.4. The molecule has 0 spiro atoms. The first-order valence-electron chi connectivity index (χ1n) is 5.98. The zero-order chi connectivity index (χ0) is 13.6. The van der Waals surface area contributed by atoms with Gasteiger partial charge in [0.15, 0.2) is 15.7 Å². The topological polar surface area (TPSA) is 99.1 Å². The third-order valence-corrected chi connectivity index (χ3v) is 5.02. The van der Waals surface area contributed by atoms with Crippen molar-refractivity contribution in [1.82, 2.24) is 10.1 Å². The fraction of sp³-hybridized carbons (Fsp3) is 0.818. The van der Waals surface area contributed by atoms with Crippen molar-refractivity contribution in [3.8, 4) is 0 Å². The van der Waals surface area contributed by atoms with Crippen LogP contribution in [0.1, 0.15) is 50.9 Å².